The van der Waals surface area contributed by atoms with Crippen molar-refractivity contribution >= 4 is 59.9 Å². The van der Waals surface area contributed by atoms with E-state index in [1.165, 1.54) is 23.7 Å². The van der Waals surface area contributed by atoms with E-state index in [4.69, 9.17) is 0 Å². The van der Waals surface area contributed by atoms with Crippen molar-refractivity contribution in [3.05, 3.63) is 31.1 Å². The quantitative estimate of drug-likeness (QED) is 0.634. The summed E-state index contributed by atoms with van der Waals surface area (Å²) in [6.45, 7) is 2.20. The van der Waals surface area contributed by atoms with E-state index < -0.39 is 0 Å². The van der Waals surface area contributed by atoms with Crippen molar-refractivity contribution in [1.82, 2.24) is 0 Å². The van der Waals surface area contributed by atoms with Crippen molar-refractivity contribution in [2.24, 2.45) is 0 Å². The summed E-state index contributed by atoms with van der Waals surface area (Å²) >= 11 is 7.83. The van der Waals surface area contributed by atoms with Crippen LogP contribution in [0.5, 0.6) is 0 Å². The van der Waals surface area contributed by atoms with Crippen molar-refractivity contribution in [3.8, 4) is 0 Å². The van der Waals surface area contributed by atoms with E-state index in [-0.39, 0.29) is 0 Å². The summed E-state index contributed by atoms with van der Waals surface area (Å²) in [6, 6.07) is 4.36. The second kappa shape index (κ2) is 3.87. The van der Waals surface area contributed by atoms with E-state index in [1.54, 1.807) is 0 Å². The van der Waals surface area contributed by atoms with Crippen molar-refractivity contribution in [3.63, 3.8) is 0 Å². The van der Waals surface area contributed by atoms with Gasteiger partial charge in [-0.15, -0.1) is 11.3 Å². The van der Waals surface area contributed by atoms with Crippen molar-refractivity contribution in [2.45, 2.75) is 13.3 Å². The van der Waals surface area contributed by atoms with E-state index >= 15 is 0 Å². The predicted octanol–water partition coefficient (Wildman–Crippen LogP) is 4.83. The van der Waals surface area contributed by atoms with Gasteiger partial charge < -0.3 is 0 Å². The van der Waals surface area contributed by atoms with Crippen LogP contribution in [0.4, 0.5) is 0 Å². The van der Waals surface area contributed by atoms with Gasteiger partial charge in [-0.05, 0) is 40.6 Å². The maximum atomic E-state index is 3.59. The highest BCUT2D eigenvalue weighted by atomic mass is 127. The van der Waals surface area contributed by atoms with Gasteiger partial charge in [0.25, 0.3) is 0 Å². The van der Waals surface area contributed by atoms with Crippen molar-refractivity contribution in [2.75, 3.05) is 0 Å². The molecule has 68 valence electrons. The van der Waals surface area contributed by atoms with Gasteiger partial charge in [0.05, 0.1) is 0 Å². The summed E-state index contributed by atoms with van der Waals surface area (Å²) < 4.78 is 3.99. The summed E-state index contributed by atoms with van der Waals surface area (Å²) in [5, 5.41) is 3.60. The number of fused-ring (bicyclic) bond motifs is 1. The number of aryl methyl sites for hydroxylation is 1. The molecule has 0 N–H and O–H groups in total. The van der Waals surface area contributed by atoms with Gasteiger partial charge in [-0.1, -0.05) is 28.9 Å². The molecule has 0 nitrogen and oxygen atoms in total. The van der Waals surface area contributed by atoms with Crippen molar-refractivity contribution < 1.29 is 0 Å². The predicted molar refractivity (Wildman–Crippen MR) is 71.6 cm³/mol. The van der Waals surface area contributed by atoms with E-state index in [9.17, 15) is 0 Å². The Morgan fingerprint density at radius 3 is 2.92 bits per heavy atom. The molecule has 13 heavy (non-hydrogen) atoms. The molecular weight excluding hydrogens is 359 g/mol. The molecule has 0 atom stereocenters. The number of rotatable bonds is 1. The Labute approximate surface area is 104 Å². The topological polar surface area (TPSA) is 0 Å². The summed E-state index contributed by atoms with van der Waals surface area (Å²) in [5.74, 6) is 0. The van der Waals surface area contributed by atoms with Gasteiger partial charge in [-0.3, -0.25) is 0 Å². The number of halogens is 2. The van der Waals surface area contributed by atoms with Gasteiger partial charge in [0.2, 0.25) is 0 Å². The molecule has 0 saturated heterocycles. The highest BCUT2D eigenvalue weighted by Crippen LogP contribution is 2.35. The maximum Gasteiger partial charge on any atom is 0.0397 e. The SMILES string of the molecule is CCc1ccc(Br)c2c(I)csc12. The van der Waals surface area contributed by atoms with Gasteiger partial charge in [0.1, 0.15) is 0 Å². The lowest BCUT2D eigenvalue weighted by Gasteiger charge is -2.01. The standard InChI is InChI=1S/C10H8BrIS/c1-2-6-3-4-7(11)9-8(12)5-13-10(6)9/h3-5H,2H2,1H3. The first-order valence-electron chi connectivity index (χ1n) is 4.08. The molecule has 2 aromatic rings. The van der Waals surface area contributed by atoms with E-state index in [0.717, 1.165) is 6.42 Å². The molecule has 0 aliphatic rings. The normalized spacial score (nSPS) is 11.0. The number of benzene rings is 1. The molecule has 0 fully saturated rings. The highest BCUT2D eigenvalue weighted by Gasteiger charge is 2.08. The maximum absolute atomic E-state index is 3.59. The molecule has 0 spiro atoms. The Morgan fingerprint density at radius 2 is 2.23 bits per heavy atom. The van der Waals surface area contributed by atoms with Gasteiger partial charge in [0.15, 0.2) is 0 Å². The molecule has 0 bridgehead atoms. The third-order valence-corrected chi connectivity index (χ3v) is 5.08. The third-order valence-electron chi connectivity index (χ3n) is 2.09. The van der Waals surface area contributed by atoms with Crippen LogP contribution < -0.4 is 0 Å². The molecule has 0 aliphatic carbocycles. The molecule has 0 aliphatic heterocycles. The molecule has 1 aromatic heterocycles. The lowest BCUT2D eigenvalue weighted by Crippen LogP contribution is -1.80. The van der Waals surface area contributed by atoms with E-state index in [2.05, 4.69) is 63.0 Å². The zero-order valence-corrected chi connectivity index (χ0v) is 11.7. The third kappa shape index (κ3) is 1.66. The Hall–Kier alpha value is 0.390. The first-order valence-corrected chi connectivity index (χ1v) is 6.83. The average Bonchev–Trinajstić information content (AvgIpc) is 2.50. The molecule has 1 aromatic carbocycles. The first kappa shape index (κ1) is 9.93. The second-order valence-corrected chi connectivity index (χ2v) is 5.74. The van der Waals surface area contributed by atoms with Gasteiger partial charge in [0, 0.05) is 23.5 Å². The molecule has 0 radical (unpaired) electrons. The summed E-state index contributed by atoms with van der Waals surface area (Å²) in [6.07, 6.45) is 1.11. The van der Waals surface area contributed by atoms with Crippen LogP contribution in [0, 0.1) is 3.57 Å². The fourth-order valence-corrected chi connectivity index (χ4v) is 4.62. The molecule has 0 amide bonds. The van der Waals surface area contributed by atoms with E-state index in [1.807, 2.05) is 11.3 Å². The Bertz CT molecular complexity index is 447. The first-order chi connectivity index (χ1) is 6.24. The monoisotopic (exact) mass is 366 g/mol. The van der Waals surface area contributed by atoms with Crippen LogP contribution in [0.25, 0.3) is 10.1 Å². The average molecular weight is 367 g/mol. The van der Waals surface area contributed by atoms with Crippen LogP contribution in [-0.4, -0.2) is 0 Å². The minimum absolute atomic E-state index is 1.11. The fourth-order valence-electron chi connectivity index (χ4n) is 1.41. The van der Waals surface area contributed by atoms with Crippen LogP contribution >= 0.6 is 49.9 Å². The minimum Gasteiger partial charge on any atom is -0.142 e. The number of hydrogen-bond acceptors (Lipinski definition) is 1. The number of thiophene rings is 1. The lowest BCUT2D eigenvalue weighted by molar-refractivity contribution is 1.16. The second-order valence-electron chi connectivity index (χ2n) is 2.85. The molecule has 3 heteroatoms. The number of hydrogen-bond donors (Lipinski definition) is 0. The Balaban J connectivity index is 2.87. The highest BCUT2D eigenvalue weighted by molar-refractivity contribution is 14.1. The molecular formula is C10H8BrIS. The van der Waals surface area contributed by atoms with Crippen LogP contribution in [-0.2, 0) is 6.42 Å². The summed E-state index contributed by atoms with van der Waals surface area (Å²) in [7, 11) is 0. The Morgan fingerprint density at radius 1 is 1.46 bits per heavy atom. The van der Waals surface area contributed by atoms with Gasteiger partial charge >= 0.3 is 0 Å². The zero-order valence-electron chi connectivity index (χ0n) is 7.10. The zero-order chi connectivity index (χ0) is 9.42. The Kier molecular flexibility index (Phi) is 2.95. The smallest absolute Gasteiger partial charge is 0.0397 e. The van der Waals surface area contributed by atoms with Crippen LogP contribution in [0.1, 0.15) is 12.5 Å². The fraction of sp³-hybridized carbons (Fsp3) is 0.200. The van der Waals surface area contributed by atoms with Crippen LogP contribution in [0.2, 0.25) is 0 Å². The largest absolute Gasteiger partial charge is 0.142 e. The summed E-state index contributed by atoms with van der Waals surface area (Å²) in [5.41, 5.74) is 1.45. The minimum atomic E-state index is 1.11. The molecule has 1 heterocycles. The van der Waals surface area contributed by atoms with Crippen molar-refractivity contribution in [1.29, 1.82) is 0 Å². The van der Waals surface area contributed by atoms with Gasteiger partial charge in [-0.25, -0.2) is 0 Å². The van der Waals surface area contributed by atoms with Gasteiger partial charge in [-0.2, -0.15) is 0 Å². The molecule has 2 rings (SSSR count). The molecule has 0 saturated carbocycles. The van der Waals surface area contributed by atoms with E-state index in [0.29, 0.717) is 0 Å². The van der Waals surface area contributed by atoms with Crippen LogP contribution in [0.3, 0.4) is 0 Å². The molecule has 0 unspecified atom stereocenters. The lowest BCUT2D eigenvalue weighted by atomic mass is 10.1. The van der Waals surface area contributed by atoms with Crippen LogP contribution in [0.15, 0.2) is 22.0 Å². The summed E-state index contributed by atoms with van der Waals surface area (Å²) in [4.78, 5) is 0.